The zero-order valence-electron chi connectivity index (χ0n) is 14.5. The Hall–Kier alpha value is -1.26. The first kappa shape index (κ1) is 19.8. The van der Waals surface area contributed by atoms with Gasteiger partial charge in [-0.15, -0.1) is 12.4 Å². The topological polar surface area (TPSA) is 64.3 Å². The van der Waals surface area contributed by atoms with Crippen molar-refractivity contribution in [3.63, 3.8) is 0 Å². The van der Waals surface area contributed by atoms with Gasteiger partial charge in [0.05, 0.1) is 5.92 Å². The lowest BCUT2D eigenvalue weighted by Gasteiger charge is -2.37. The van der Waals surface area contributed by atoms with Crippen molar-refractivity contribution in [3.05, 3.63) is 24.3 Å². The second kappa shape index (κ2) is 7.54. The molecule has 0 aromatic heterocycles. The predicted octanol–water partition coefficient (Wildman–Crippen LogP) is 4.13. The summed E-state index contributed by atoms with van der Waals surface area (Å²) in [6.07, 6.45) is 3.95. The highest BCUT2D eigenvalue weighted by Gasteiger charge is 2.37. The lowest BCUT2D eigenvalue weighted by molar-refractivity contribution is -0.122. The number of amides is 1. The van der Waals surface area contributed by atoms with Crippen LogP contribution in [-0.4, -0.2) is 17.0 Å². The zero-order chi connectivity index (χ0) is 16.4. The SMILES string of the molecule is CC(C)(C)Oc1ccc(NC(=O)C2CCCCC2(C)N)cc1.Cl. The Morgan fingerprint density at radius 3 is 2.39 bits per heavy atom. The Kier molecular flexibility index (Phi) is 6.49. The highest BCUT2D eigenvalue weighted by molar-refractivity contribution is 5.93. The summed E-state index contributed by atoms with van der Waals surface area (Å²) in [6, 6.07) is 7.50. The van der Waals surface area contributed by atoms with Gasteiger partial charge in [0, 0.05) is 11.2 Å². The molecule has 1 aromatic rings. The smallest absolute Gasteiger partial charge is 0.229 e. The van der Waals surface area contributed by atoms with Crippen molar-refractivity contribution in [1.82, 2.24) is 0 Å². The van der Waals surface area contributed by atoms with Crippen LogP contribution in [0, 0.1) is 5.92 Å². The van der Waals surface area contributed by atoms with Crippen molar-refractivity contribution >= 4 is 24.0 Å². The molecule has 23 heavy (non-hydrogen) atoms. The van der Waals surface area contributed by atoms with Crippen molar-refractivity contribution in [2.75, 3.05) is 5.32 Å². The third-order valence-corrected chi connectivity index (χ3v) is 4.12. The van der Waals surface area contributed by atoms with Gasteiger partial charge in [0.2, 0.25) is 5.91 Å². The van der Waals surface area contributed by atoms with Crippen LogP contribution in [0.1, 0.15) is 53.4 Å². The van der Waals surface area contributed by atoms with Crippen molar-refractivity contribution in [3.8, 4) is 5.75 Å². The van der Waals surface area contributed by atoms with E-state index < -0.39 is 5.54 Å². The summed E-state index contributed by atoms with van der Waals surface area (Å²) in [5, 5.41) is 2.98. The van der Waals surface area contributed by atoms with E-state index >= 15 is 0 Å². The highest BCUT2D eigenvalue weighted by Crippen LogP contribution is 2.32. The molecular formula is C18H29ClN2O2. The van der Waals surface area contributed by atoms with Gasteiger partial charge in [-0.3, -0.25) is 4.79 Å². The van der Waals surface area contributed by atoms with Gasteiger partial charge in [0.25, 0.3) is 0 Å². The van der Waals surface area contributed by atoms with Crippen LogP contribution in [0.4, 0.5) is 5.69 Å². The fourth-order valence-electron chi connectivity index (χ4n) is 2.98. The molecule has 0 heterocycles. The summed E-state index contributed by atoms with van der Waals surface area (Å²) in [5.74, 6) is 0.702. The number of hydrogen-bond acceptors (Lipinski definition) is 3. The average Bonchev–Trinajstić information content (AvgIpc) is 2.38. The number of halogens is 1. The van der Waals surface area contributed by atoms with Crippen LogP contribution in [0.15, 0.2) is 24.3 Å². The van der Waals surface area contributed by atoms with Gasteiger partial charge in [0.15, 0.2) is 0 Å². The quantitative estimate of drug-likeness (QED) is 0.869. The van der Waals surface area contributed by atoms with Gasteiger partial charge in [-0.25, -0.2) is 0 Å². The van der Waals surface area contributed by atoms with Crippen molar-refractivity contribution in [2.24, 2.45) is 11.7 Å². The molecule has 1 amide bonds. The number of nitrogens with one attached hydrogen (secondary N) is 1. The van der Waals surface area contributed by atoms with Gasteiger partial charge in [-0.1, -0.05) is 12.8 Å². The maximum atomic E-state index is 12.5. The van der Waals surface area contributed by atoms with Crippen LogP contribution in [0.25, 0.3) is 0 Å². The number of carbonyl (C=O) groups is 1. The van der Waals surface area contributed by atoms with Gasteiger partial charge in [-0.2, -0.15) is 0 Å². The number of anilines is 1. The molecule has 3 N–H and O–H groups in total. The minimum atomic E-state index is -0.405. The van der Waals surface area contributed by atoms with Gasteiger partial charge < -0.3 is 15.8 Å². The van der Waals surface area contributed by atoms with E-state index in [9.17, 15) is 4.79 Å². The van der Waals surface area contributed by atoms with Crippen LogP contribution in [0.2, 0.25) is 0 Å². The summed E-state index contributed by atoms with van der Waals surface area (Å²) in [6.45, 7) is 8.01. The molecule has 2 atom stereocenters. The Morgan fingerprint density at radius 2 is 1.87 bits per heavy atom. The molecule has 0 spiro atoms. The average molecular weight is 341 g/mol. The third-order valence-electron chi connectivity index (χ3n) is 4.12. The second-order valence-electron chi connectivity index (χ2n) is 7.53. The van der Waals surface area contributed by atoms with E-state index in [4.69, 9.17) is 10.5 Å². The van der Waals surface area contributed by atoms with Crippen LogP contribution in [-0.2, 0) is 4.79 Å². The number of ether oxygens (including phenoxy) is 1. The lowest BCUT2D eigenvalue weighted by Crippen LogP contribution is -2.51. The molecule has 1 fully saturated rings. The maximum Gasteiger partial charge on any atom is 0.229 e. The van der Waals surface area contributed by atoms with E-state index in [1.165, 1.54) is 0 Å². The van der Waals surface area contributed by atoms with E-state index in [0.29, 0.717) is 0 Å². The highest BCUT2D eigenvalue weighted by atomic mass is 35.5. The van der Waals surface area contributed by atoms with Crippen LogP contribution < -0.4 is 15.8 Å². The summed E-state index contributed by atoms with van der Waals surface area (Å²) < 4.78 is 5.78. The van der Waals surface area contributed by atoms with Crippen molar-refractivity contribution in [1.29, 1.82) is 0 Å². The first-order valence-electron chi connectivity index (χ1n) is 8.06. The van der Waals surface area contributed by atoms with Crippen molar-refractivity contribution in [2.45, 2.75) is 64.5 Å². The first-order chi connectivity index (χ1) is 10.2. The predicted molar refractivity (Wildman–Crippen MR) is 97.3 cm³/mol. The molecule has 4 nitrogen and oxygen atoms in total. The lowest BCUT2D eigenvalue weighted by atomic mass is 9.74. The van der Waals surface area contributed by atoms with E-state index in [-0.39, 0.29) is 29.8 Å². The van der Waals surface area contributed by atoms with E-state index in [0.717, 1.165) is 37.1 Å². The molecular weight excluding hydrogens is 312 g/mol. The minimum absolute atomic E-state index is 0. The molecule has 0 radical (unpaired) electrons. The summed E-state index contributed by atoms with van der Waals surface area (Å²) in [7, 11) is 0. The Labute approximate surface area is 145 Å². The number of nitrogens with two attached hydrogens (primary N) is 1. The van der Waals surface area contributed by atoms with Crippen molar-refractivity contribution < 1.29 is 9.53 Å². The second-order valence-corrected chi connectivity index (χ2v) is 7.53. The van der Waals surface area contributed by atoms with E-state index in [2.05, 4.69) is 5.32 Å². The minimum Gasteiger partial charge on any atom is -0.488 e. The molecule has 5 heteroatoms. The number of benzene rings is 1. The maximum absolute atomic E-state index is 12.5. The zero-order valence-corrected chi connectivity index (χ0v) is 15.3. The van der Waals surface area contributed by atoms with E-state index in [1.807, 2.05) is 52.0 Å². The molecule has 1 aliphatic carbocycles. The summed E-state index contributed by atoms with van der Waals surface area (Å²) in [5.41, 5.74) is 6.44. The fraction of sp³-hybridized carbons (Fsp3) is 0.611. The molecule has 2 unspecified atom stereocenters. The summed E-state index contributed by atoms with van der Waals surface area (Å²) in [4.78, 5) is 12.5. The van der Waals surface area contributed by atoms with Crippen LogP contribution in [0.3, 0.4) is 0 Å². The number of hydrogen-bond donors (Lipinski definition) is 2. The molecule has 1 aromatic carbocycles. The number of carbonyl (C=O) groups excluding carboxylic acids is 1. The fourth-order valence-corrected chi connectivity index (χ4v) is 2.98. The monoisotopic (exact) mass is 340 g/mol. The summed E-state index contributed by atoms with van der Waals surface area (Å²) >= 11 is 0. The van der Waals surface area contributed by atoms with Gasteiger partial charge in [0.1, 0.15) is 11.4 Å². The van der Waals surface area contributed by atoms with Gasteiger partial charge in [-0.05, 0) is 64.8 Å². The molecule has 1 saturated carbocycles. The van der Waals surface area contributed by atoms with E-state index in [1.54, 1.807) is 0 Å². The van der Waals surface area contributed by atoms with Crippen LogP contribution >= 0.6 is 12.4 Å². The largest absolute Gasteiger partial charge is 0.488 e. The molecule has 1 aliphatic rings. The molecule has 0 aliphatic heterocycles. The molecule has 2 rings (SSSR count). The Bertz CT molecular complexity index is 521. The Morgan fingerprint density at radius 1 is 1.26 bits per heavy atom. The molecule has 130 valence electrons. The molecule has 0 saturated heterocycles. The third kappa shape index (κ3) is 5.70. The van der Waals surface area contributed by atoms with Gasteiger partial charge >= 0.3 is 0 Å². The Balaban J connectivity index is 0.00000264. The normalized spacial score (nSPS) is 24.5. The standard InChI is InChI=1S/C18H28N2O2.ClH/c1-17(2,3)22-14-10-8-13(9-11-14)20-16(21)15-7-5-6-12-18(15,4)19;/h8-11,15H,5-7,12,19H2,1-4H3,(H,20,21);1H. The molecule has 0 bridgehead atoms. The first-order valence-corrected chi connectivity index (χ1v) is 8.06. The number of rotatable bonds is 3. The van der Waals surface area contributed by atoms with Crippen LogP contribution in [0.5, 0.6) is 5.75 Å².